The second-order valence-corrected chi connectivity index (χ2v) is 6.83. The molecule has 22 heavy (non-hydrogen) atoms. The Hall–Kier alpha value is -2.41. The maximum atomic E-state index is 12.4. The number of nitrogens with zero attached hydrogens (tertiary/aromatic N) is 2. The fourth-order valence-corrected chi connectivity index (χ4v) is 3.82. The zero-order valence-corrected chi connectivity index (χ0v) is 13.1. The van der Waals surface area contributed by atoms with Crippen LogP contribution in [0.4, 0.5) is 5.69 Å². The maximum absolute atomic E-state index is 12.4. The minimum absolute atomic E-state index is 0.223. The van der Waals surface area contributed by atoms with Gasteiger partial charge < -0.3 is 5.32 Å². The number of guanidine groups is 1. The number of sulfonamides is 1. The topological polar surface area (TPSA) is 83.4 Å². The van der Waals surface area contributed by atoms with Crippen molar-refractivity contribution in [3.63, 3.8) is 0 Å². The van der Waals surface area contributed by atoms with E-state index >= 15 is 0 Å². The van der Waals surface area contributed by atoms with Crippen LogP contribution in [0.1, 0.15) is 16.7 Å². The van der Waals surface area contributed by atoms with E-state index in [1.165, 1.54) is 0 Å². The molecule has 6 nitrogen and oxygen atoms in total. The highest BCUT2D eigenvalue weighted by atomic mass is 32.2. The van der Waals surface area contributed by atoms with Gasteiger partial charge in [-0.3, -0.25) is 4.98 Å². The number of pyridine rings is 1. The molecule has 0 fully saturated rings. The van der Waals surface area contributed by atoms with E-state index in [1.807, 2.05) is 25.1 Å². The Bertz CT molecular complexity index is 845. The summed E-state index contributed by atoms with van der Waals surface area (Å²) in [6, 6.07) is 7.35. The Morgan fingerprint density at radius 2 is 2.09 bits per heavy atom. The van der Waals surface area contributed by atoms with Gasteiger partial charge in [0.2, 0.25) is 5.96 Å². The molecule has 3 rings (SSSR count). The van der Waals surface area contributed by atoms with Crippen LogP contribution in [0, 0.1) is 13.8 Å². The van der Waals surface area contributed by atoms with Crippen LogP contribution >= 0.6 is 0 Å². The molecule has 2 N–H and O–H groups in total. The molecule has 0 radical (unpaired) electrons. The first-order chi connectivity index (χ1) is 10.5. The van der Waals surface area contributed by atoms with Crippen LogP contribution in [-0.2, 0) is 16.6 Å². The highest BCUT2D eigenvalue weighted by Crippen LogP contribution is 2.29. The van der Waals surface area contributed by atoms with E-state index in [0.717, 1.165) is 11.1 Å². The number of fused-ring (bicyclic) bond motifs is 1. The number of hydrogen-bond acceptors (Lipinski definition) is 4. The van der Waals surface area contributed by atoms with E-state index in [-0.39, 0.29) is 10.9 Å². The summed E-state index contributed by atoms with van der Waals surface area (Å²) >= 11 is 0. The Morgan fingerprint density at radius 1 is 1.27 bits per heavy atom. The highest BCUT2D eigenvalue weighted by Gasteiger charge is 2.28. The van der Waals surface area contributed by atoms with Crippen molar-refractivity contribution >= 4 is 21.7 Å². The summed E-state index contributed by atoms with van der Waals surface area (Å²) in [4.78, 5) is 8.57. The van der Waals surface area contributed by atoms with Crippen molar-refractivity contribution in [1.29, 1.82) is 0 Å². The fraction of sp³-hybridized carbons (Fsp3) is 0.200. The number of nitrogens with one attached hydrogen (secondary N) is 2. The van der Waals surface area contributed by atoms with Gasteiger partial charge >= 0.3 is 0 Å². The molecule has 2 aromatic rings. The number of aryl methyl sites for hydroxylation is 2. The van der Waals surface area contributed by atoms with Gasteiger partial charge in [0, 0.05) is 12.4 Å². The summed E-state index contributed by atoms with van der Waals surface area (Å²) in [5.41, 5.74) is 3.16. The van der Waals surface area contributed by atoms with Gasteiger partial charge in [0.25, 0.3) is 10.0 Å². The molecule has 0 amide bonds. The molecular formula is C15H16N4O2S. The average molecular weight is 316 g/mol. The molecule has 0 saturated carbocycles. The van der Waals surface area contributed by atoms with Gasteiger partial charge in [-0.1, -0.05) is 12.1 Å². The van der Waals surface area contributed by atoms with Crippen molar-refractivity contribution in [3.8, 4) is 0 Å². The molecule has 1 aromatic carbocycles. The van der Waals surface area contributed by atoms with E-state index in [2.05, 4.69) is 20.0 Å². The Morgan fingerprint density at radius 3 is 2.82 bits per heavy atom. The molecule has 7 heteroatoms. The monoisotopic (exact) mass is 316 g/mol. The lowest BCUT2D eigenvalue weighted by molar-refractivity contribution is 0.591. The largest absolute Gasteiger partial charge is 0.324 e. The highest BCUT2D eigenvalue weighted by molar-refractivity contribution is 7.90. The number of aromatic nitrogens is 1. The number of hydrogen-bond donors (Lipinski definition) is 2. The quantitative estimate of drug-likeness (QED) is 0.887. The molecule has 0 unspecified atom stereocenters. The Labute approximate surface area is 129 Å². The lowest BCUT2D eigenvalue weighted by Gasteiger charge is -2.23. The molecule has 1 aliphatic rings. The second-order valence-electron chi connectivity index (χ2n) is 5.22. The van der Waals surface area contributed by atoms with Crippen LogP contribution in [0.2, 0.25) is 0 Å². The average Bonchev–Trinajstić information content (AvgIpc) is 2.44. The number of rotatable bonds is 2. The minimum atomic E-state index is -3.60. The SMILES string of the molecule is Cc1cc(C)c2c(c1)NC(=NCc1cccnc1)NS2(=O)=O. The van der Waals surface area contributed by atoms with Gasteiger partial charge in [0.05, 0.1) is 12.2 Å². The summed E-state index contributed by atoms with van der Waals surface area (Å²) in [6.07, 6.45) is 3.38. The van der Waals surface area contributed by atoms with Crippen molar-refractivity contribution in [3.05, 3.63) is 53.3 Å². The first kappa shape index (κ1) is 14.5. The predicted molar refractivity (Wildman–Crippen MR) is 85.2 cm³/mol. The first-order valence-corrected chi connectivity index (χ1v) is 8.28. The van der Waals surface area contributed by atoms with Gasteiger partial charge in [-0.2, -0.15) is 0 Å². The molecule has 114 valence electrons. The molecular weight excluding hydrogens is 300 g/mol. The van der Waals surface area contributed by atoms with Gasteiger partial charge in [-0.25, -0.2) is 18.1 Å². The van der Waals surface area contributed by atoms with Crippen molar-refractivity contribution in [1.82, 2.24) is 9.71 Å². The van der Waals surface area contributed by atoms with E-state index in [9.17, 15) is 8.42 Å². The van der Waals surface area contributed by atoms with Gasteiger partial charge in [0.1, 0.15) is 4.90 Å². The zero-order valence-electron chi connectivity index (χ0n) is 12.3. The van der Waals surface area contributed by atoms with Crippen LogP contribution < -0.4 is 10.0 Å². The maximum Gasteiger partial charge on any atom is 0.266 e. The molecule has 0 bridgehead atoms. The van der Waals surface area contributed by atoms with Crippen LogP contribution in [0.15, 0.2) is 46.5 Å². The predicted octanol–water partition coefficient (Wildman–Crippen LogP) is 1.96. The molecule has 0 aliphatic carbocycles. The fourth-order valence-electron chi connectivity index (χ4n) is 2.47. The Balaban J connectivity index is 1.95. The third kappa shape index (κ3) is 2.80. The molecule has 0 spiro atoms. The standard InChI is InChI=1S/C15H16N4O2S/c1-10-6-11(2)14-13(7-10)18-15(19-22(14,20)21)17-9-12-4-3-5-16-8-12/h3-8H,9H2,1-2H3,(H2,17,18,19). The lowest BCUT2D eigenvalue weighted by Crippen LogP contribution is -2.41. The van der Waals surface area contributed by atoms with Crippen molar-refractivity contribution in [2.75, 3.05) is 5.32 Å². The van der Waals surface area contributed by atoms with E-state index in [0.29, 0.717) is 17.8 Å². The zero-order chi connectivity index (χ0) is 15.7. The number of benzene rings is 1. The minimum Gasteiger partial charge on any atom is -0.324 e. The lowest BCUT2D eigenvalue weighted by atomic mass is 10.1. The van der Waals surface area contributed by atoms with Crippen LogP contribution in [0.3, 0.4) is 0 Å². The summed E-state index contributed by atoms with van der Waals surface area (Å²) in [7, 11) is -3.60. The third-order valence-corrected chi connectivity index (χ3v) is 4.86. The summed E-state index contributed by atoms with van der Waals surface area (Å²) in [6.45, 7) is 4.05. The second kappa shape index (κ2) is 5.42. The van der Waals surface area contributed by atoms with E-state index in [4.69, 9.17) is 0 Å². The number of aliphatic imine (C=N–C) groups is 1. The van der Waals surface area contributed by atoms with Gasteiger partial charge in [-0.05, 0) is 42.7 Å². The molecule has 0 saturated heterocycles. The molecule has 2 heterocycles. The van der Waals surface area contributed by atoms with Crippen molar-refractivity contribution in [2.45, 2.75) is 25.3 Å². The normalized spacial score (nSPS) is 17.5. The summed E-state index contributed by atoms with van der Waals surface area (Å²) < 4.78 is 27.2. The van der Waals surface area contributed by atoms with Crippen molar-refractivity contribution in [2.24, 2.45) is 4.99 Å². The Kier molecular flexibility index (Phi) is 3.58. The van der Waals surface area contributed by atoms with Gasteiger partial charge in [0.15, 0.2) is 0 Å². The smallest absolute Gasteiger partial charge is 0.266 e. The van der Waals surface area contributed by atoms with E-state index < -0.39 is 10.0 Å². The molecule has 0 atom stereocenters. The van der Waals surface area contributed by atoms with Gasteiger partial charge in [-0.15, -0.1) is 0 Å². The first-order valence-electron chi connectivity index (χ1n) is 6.80. The molecule has 1 aliphatic heterocycles. The van der Waals surface area contributed by atoms with Crippen LogP contribution in [0.5, 0.6) is 0 Å². The number of anilines is 1. The van der Waals surface area contributed by atoms with Crippen molar-refractivity contribution < 1.29 is 8.42 Å². The third-order valence-electron chi connectivity index (χ3n) is 3.31. The van der Waals surface area contributed by atoms with E-state index in [1.54, 1.807) is 25.4 Å². The van der Waals surface area contributed by atoms with Crippen LogP contribution in [0.25, 0.3) is 0 Å². The summed E-state index contributed by atoms with van der Waals surface area (Å²) in [5.74, 6) is 0.223. The van der Waals surface area contributed by atoms with Crippen LogP contribution in [-0.4, -0.2) is 19.4 Å². The molecule has 1 aromatic heterocycles. The summed E-state index contributed by atoms with van der Waals surface area (Å²) in [5, 5.41) is 3.04.